The summed E-state index contributed by atoms with van der Waals surface area (Å²) in [5, 5.41) is 10.2. The summed E-state index contributed by atoms with van der Waals surface area (Å²) in [7, 11) is 1.67. The van der Waals surface area contributed by atoms with Crippen LogP contribution in [-0.2, 0) is 14.2 Å². The lowest BCUT2D eigenvalue weighted by Gasteiger charge is -2.36. The Morgan fingerprint density at radius 3 is 2.76 bits per heavy atom. The van der Waals surface area contributed by atoms with Gasteiger partial charge in [-0.1, -0.05) is 0 Å². The average molecular weight is 303 g/mol. The number of amides is 1. The van der Waals surface area contributed by atoms with Gasteiger partial charge in [0.25, 0.3) is 0 Å². The molecule has 124 valence electrons. The molecule has 1 aliphatic rings. The topological polar surface area (TPSA) is 68.2 Å². The highest BCUT2D eigenvalue weighted by molar-refractivity contribution is 5.68. The SMILES string of the molecule is COCCCCC(O)C1CN(C(=O)OC(C)(C)C)CCO1. The zero-order valence-corrected chi connectivity index (χ0v) is 13.6. The van der Waals surface area contributed by atoms with Gasteiger partial charge in [-0.25, -0.2) is 4.79 Å². The van der Waals surface area contributed by atoms with E-state index in [1.165, 1.54) is 0 Å². The van der Waals surface area contributed by atoms with Gasteiger partial charge in [0.2, 0.25) is 0 Å². The number of hydrogen-bond donors (Lipinski definition) is 1. The Bertz CT molecular complexity index is 316. The van der Waals surface area contributed by atoms with Crippen LogP contribution in [0.5, 0.6) is 0 Å². The quantitative estimate of drug-likeness (QED) is 0.758. The van der Waals surface area contributed by atoms with Crippen molar-refractivity contribution in [3.63, 3.8) is 0 Å². The minimum atomic E-state index is -0.563. The number of morpholine rings is 1. The summed E-state index contributed by atoms with van der Waals surface area (Å²) < 4.78 is 15.9. The summed E-state index contributed by atoms with van der Waals surface area (Å²) in [5.74, 6) is 0. The number of nitrogens with zero attached hydrogens (tertiary/aromatic N) is 1. The first-order valence-corrected chi connectivity index (χ1v) is 7.60. The van der Waals surface area contributed by atoms with E-state index in [4.69, 9.17) is 14.2 Å². The monoisotopic (exact) mass is 303 g/mol. The summed E-state index contributed by atoms with van der Waals surface area (Å²) in [6.07, 6.45) is 1.19. The number of carbonyl (C=O) groups is 1. The number of ether oxygens (including phenoxy) is 3. The second-order valence-electron chi connectivity index (χ2n) is 6.39. The highest BCUT2D eigenvalue weighted by atomic mass is 16.6. The van der Waals surface area contributed by atoms with E-state index in [-0.39, 0.29) is 12.2 Å². The van der Waals surface area contributed by atoms with Crippen molar-refractivity contribution in [2.75, 3.05) is 33.4 Å². The van der Waals surface area contributed by atoms with E-state index in [1.54, 1.807) is 12.0 Å². The van der Waals surface area contributed by atoms with Crippen LogP contribution in [0.3, 0.4) is 0 Å². The van der Waals surface area contributed by atoms with Crippen molar-refractivity contribution in [3.8, 4) is 0 Å². The molecule has 0 aliphatic carbocycles. The molecule has 2 atom stereocenters. The van der Waals surface area contributed by atoms with Crippen molar-refractivity contribution in [2.45, 2.75) is 57.8 Å². The summed E-state index contributed by atoms with van der Waals surface area (Å²) in [6.45, 7) is 7.53. The summed E-state index contributed by atoms with van der Waals surface area (Å²) in [5.41, 5.74) is -0.510. The third-order valence-electron chi connectivity index (χ3n) is 3.27. The predicted molar refractivity (Wildman–Crippen MR) is 79.3 cm³/mol. The Balaban J connectivity index is 2.38. The Labute approximate surface area is 127 Å². The molecule has 1 aliphatic heterocycles. The molecule has 0 aromatic carbocycles. The lowest BCUT2D eigenvalue weighted by atomic mass is 10.1. The molecule has 1 saturated heterocycles. The van der Waals surface area contributed by atoms with E-state index < -0.39 is 11.7 Å². The number of methoxy groups -OCH3 is 1. The fourth-order valence-electron chi connectivity index (χ4n) is 2.19. The van der Waals surface area contributed by atoms with E-state index in [0.29, 0.717) is 32.7 Å². The number of unbranched alkanes of at least 4 members (excludes halogenated alkanes) is 1. The van der Waals surface area contributed by atoms with Crippen LogP contribution in [0.2, 0.25) is 0 Å². The van der Waals surface area contributed by atoms with Crippen LogP contribution in [0.4, 0.5) is 4.79 Å². The van der Waals surface area contributed by atoms with E-state index in [1.807, 2.05) is 20.8 Å². The van der Waals surface area contributed by atoms with Crippen molar-refractivity contribution >= 4 is 6.09 Å². The maximum absolute atomic E-state index is 12.0. The maximum Gasteiger partial charge on any atom is 0.410 e. The fraction of sp³-hybridized carbons (Fsp3) is 0.933. The van der Waals surface area contributed by atoms with Gasteiger partial charge in [0.05, 0.1) is 19.3 Å². The van der Waals surface area contributed by atoms with Crippen LogP contribution in [0, 0.1) is 0 Å². The van der Waals surface area contributed by atoms with Gasteiger partial charge < -0.3 is 24.2 Å². The number of carbonyl (C=O) groups excluding carboxylic acids is 1. The summed E-state index contributed by atoms with van der Waals surface area (Å²) >= 11 is 0. The van der Waals surface area contributed by atoms with Crippen LogP contribution in [-0.4, -0.2) is 67.3 Å². The molecule has 1 N–H and O–H groups in total. The maximum atomic E-state index is 12.0. The first-order valence-electron chi connectivity index (χ1n) is 7.60. The standard InChI is InChI=1S/C15H29NO5/c1-15(2,3)21-14(18)16-8-10-20-13(11-16)12(17)7-5-6-9-19-4/h12-13,17H,5-11H2,1-4H3. The zero-order chi connectivity index (χ0) is 15.9. The molecular formula is C15H29NO5. The van der Waals surface area contributed by atoms with Crippen molar-refractivity contribution < 1.29 is 24.1 Å². The smallest absolute Gasteiger partial charge is 0.410 e. The van der Waals surface area contributed by atoms with Crippen molar-refractivity contribution in [3.05, 3.63) is 0 Å². The van der Waals surface area contributed by atoms with Gasteiger partial charge >= 0.3 is 6.09 Å². The average Bonchev–Trinajstić information content (AvgIpc) is 2.41. The van der Waals surface area contributed by atoms with E-state index in [9.17, 15) is 9.90 Å². The lowest BCUT2D eigenvalue weighted by Crippen LogP contribution is -2.51. The Morgan fingerprint density at radius 2 is 2.14 bits per heavy atom. The van der Waals surface area contributed by atoms with E-state index in [2.05, 4.69) is 0 Å². The first kappa shape index (κ1) is 18.2. The molecule has 1 amide bonds. The van der Waals surface area contributed by atoms with Gasteiger partial charge in [-0.05, 0) is 40.0 Å². The van der Waals surface area contributed by atoms with Gasteiger partial charge in [-0.15, -0.1) is 0 Å². The second kappa shape index (κ2) is 8.56. The van der Waals surface area contributed by atoms with E-state index >= 15 is 0 Å². The van der Waals surface area contributed by atoms with Crippen molar-refractivity contribution in [2.24, 2.45) is 0 Å². The van der Waals surface area contributed by atoms with Crippen LogP contribution in [0.25, 0.3) is 0 Å². The Morgan fingerprint density at radius 1 is 1.43 bits per heavy atom. The van der Waals surface area contributed by atoms with Crippen LogP contribution < -0.4 is 0 Å². The van der Waals surface area contributed by atoms with E-state index in [0.717, 1.165) is 12.8 Å². The third-order valence-corrected chi connectivity index (χ3v) is 3.27. The molecule has 0 spiro atoms. The van der Waals surface area contributed by atoms with Crippen LogP contribution in [0.1, 0.15) is 40.0 Å². The molecule has 6 heteroatoms. The zero-order valence-electron chi connectivity index (χ0n) is 13.6. The summed E-state index contributed by atoms with van der Waals surface area (Å²) in [4.78, 5) is 13.6. The molecule has 21 heavy (non-hydrogen) atoms. The Kier molecular flexibility index (Phi) is 7.42. The van der Waals surface area contributed by atoms with Crippen molar-refractivity contribution in [1.29, 1.82) is 0 Å². The normalized spacial score (nSPS) is 21.2. The fourth-order valence-corrected chi connectivity index (χ4v) is 2.19. The van der Waals surface area contributed by atoms with Crippen LogP contribution >= 0.6 is 0 Å². The first-order chi connectivity index (χ1) is 9.83. The minimum absolute atomic E-state index is 0.339. The Hall–Kier alpha value is -0.850. The van der Waals surface area contributed by atoms with Gasteiger partial charge in [0.15, 0.2) is 0 Å². The number of rotatable bonds is 6. The number of aliphatic hydroxyl groups is 1. The highest BCUT2D eigenvalue weighted by Crippen LogP contribution is 2.16. The number of aliphatic hydroxyl groups excluding tert-OH is 1. The van der Waals surface area contributed by atoms with Crippen LogP contribution in [0.15, 0.2) is 0 Å². The van der Waals surface area contributed by atoms with Gasteiger partial charge in [0.1, 0.15) is 11.7 Å². The highest BCUT2D eigenvalue weighted by Gasteiger charge is 2.31. The largest absolute Gasteiger partial charge is 0.444 e. The molecule has 0 saturated carbocycles. The molecule has 0 aromatic heterocycles. The molecule has 0 radical (unpaired) electrons. The van der Waals surface area contributed by atoms with Crippen molar-refractivity contribution in [1.82, 2.24) is 4.90 Å². The lowest BCUT2D eigenvalue weighted by molar-refractivity contribution is -0.0916. The minimum Gasteiger partial charge on any atom is -0.444 e. The molecule has 6 nitrogen and oxygen atoms in total. The number of hydrogen-bond acceptors (Lipinski definition) is 5. The molecule has 2 unspecified atom stereocenters. The summed E-state index contributed by atoms with van der Waals surface area (Å²) in [6, 6.07) is 0. The van der Waals surface area contributed by atoms with Gasteiger partial charge in [0, 0.05) is 20.3 Å². The molecule has 1 rings (SSSR count). The molecule has 0 aromatic rings. The molecule has 1 heterocycles. The predicted octanol–water partition coefficient (Wildman–Crippen LogP) is 1.80. The van der Waals surface area contributed by atoms with Gasteiger partial charge in [-0.2, -0.15) is 0 Å². The molecule has 0 bridgehead atoms. The third kappa shape index (κ3) is 7.11. The van der Waals surface area contributed by atoms with Gasteiger partial charge in [-0.3, -0.25) is 0 Å². The second-order valence-corrected chi connectivity index (χ2v) is 6.39. The molecule has 1 fully saturated rings. The molecular weight excluding hydrogens is 274 g/mol.